The summed E-state index contributed by atoms with van der Waals surface area (Å²) in [5, 5.41) is 11.1. The van der Waals surface area contributed by atoms with Gasteiger partial charge in [0.15, 0.2) is 5.70 Å². The molecule has 0 amide bonds. The van der Waals surface area contributed by atoms with Crippen molar-refractivity contribution in [3.63, 3.8) is 0 Å². The van der Waals surface area contributed by atoms with Crippen LogP contribution in [-0.4, -0.2) is 16.8 Å². The van der Waals surface area contributed by atoms with E-state index in [0.29, 0.717) is 17.9 Å². The Labute approximate surface area is 201 Å². The van der Waals surface area contributed by atoms with Gasteiger partial charge in [0.05, 0.1) is 4.92 Å². The number of aliphatic imine (C=N–C) groups is 1. The highest BCUT2D eigenvalue weighted by molar-refractivity contribution is 14.1. The van der Waals surface area contributed by atoms with Crippen LogP contribution in [0.4, 0.5) is 5.69 Å². The minimum atomic E-state index is -0.650. The Kier molecular flexibility index (Phi) is 6.52. The number of carbonyl (C=O) groups is 1. The Morgan fingerprint density at radius 2 is 1.91 bits per heavy atom. The molecule has 1 aliphatic heterocycles. The van der Waals surface area contributed by atoms with E-state index in [1.54, 1.807) is 18.2 Å². The van der Waals surface area contributed by atoms with Gasteiger partial charge in [0.2, 0.25) is 5.90 Å². The van der Waals surface area contributed by atoms with E-state index >= 15 is 0 Å². The molecule has 7 nitrogen and oxygen atoms in total. The molecule has 0 spiro atoms. The summed E-state index contributed by atoms with van der Waals surface area (Å²) < 4.78 is 12.2. The third-order valence-corrected chi connectivity index (χ3v) is 5.53. The lowest BCUT2D eigenvalue weighted by Gasteiger charge is -2.07. The van der Waals surface area contributed by atoms with E-state index in [1.807, 2.05) is 36.4 Å². The minimum absolute atomic E-state index is 0.0125. The number of nitro groups is 1. The molecule has 0 radical (unpaired) electrons. The van der Waals surface area contributed by atoms with Gasteiger partial charge in [0.25, 0.3) is 5.69 Å². The Morgan fingerprint density at radius 1 is 1.12 bits per heavy atom. The highest BCUT2D eigenvalue weighted by Crippen LogP contribution is 2.28. The molecule has 0 aliphatic carbocycles. The number of ether oxygens (including phenoxy) is 2. The van der Waals surface area contributed by atoms with Gasteiger partial charge in [-0.25, -0.2) is 9.79 Å². The van der Waals surface area contributed by atoms with E-state index in [4.69, 9.17) is 21.1 Å². The van der Waals surface area contributed by atoms with E-state index < -0.39 is 10.9 Å². The molecule has 0 saturated heterocycles. The molecule has 32 heavy (non-hydrogen) atoms. The van der Waals surface area contributed by atoms with E-state index in [-0.39, 0.29) is 27.9 Å². The summed E-state index contributed by atoms with van der Waals surface area (Å²) in [6, 6.07) is 19.3. The monoisotopic (exact) mass is 560 g/mol. The van der Waals surface area contributed by atoms with Crippen molar-refractivity contribution in [1.82, 2.24) is 0 Å². The van der Waals surface area contributed by atoms with Gasteiger partial charge in [-0.3, -0.25) is 10.1 Å². The maximum Gasteiger partial charge on any atom is 0.363 e. The van der Waals surface area contributed by atoms with Crippen LogP contribution in [0.5, 0.6) is 5.75 Å². The van der Waals surface area contributed by atoms with Crippen molar-refractivity contribution in [2.45, 2.75) is 6.61 Å². The Morgan fingerprint density at radius 3 is 2.66 bits per heavy atom. The molecule has 0 atom stereocenters. The third kappa shape index (κ3) is 5.14. The molecular weight excluding hydrogens is 547 g/mol. The van der Waals surface area contributed by atoms with Crippen LogP contribution in [0.3, 0.4) is 0 Å². The standard InChI is InChI=1S/C23H14ClIN2O5/c24-19-9-6-16(12-21(19)27(29)30)22-26-20(23(28)32-22)11-15-2-1-3-18(10-15)31-13-14-4-7-17(25)8-5-14/h1-12H,13H2/b20-11-. The lowest BCUT2D eigenvalue weighted by atomic mass is 10.2. The number of hydrogen-bond acceptors (Lipinski definition) is 6. The SMILES string of the molecule is O=C1OC(c2ccc(Cl)c([N+](=O)[O-])c2)=N/C1=C\c1cccc(OCc2ccc(I)cc2)c1. The average Bonchev–Trinajstić information content (AvgIpc) is 3.14. The Balaban J connectivity index is 1.53. The quantitative estimate of drug-likeness (QED) is 0.125. The van der Waals surface area contributed by atoms with Crippen LogP contribution in [0, 0.1) is 13.7 Å². The van der Waals surface area contributed by atoms with Crippen molar-refractivity contribution in [2.75, 3.05) is 0 Å². The third-order valence-electron chi connectivity index (χ3n) is 4.49. The largest absolute Gasteiger partial charge is 0.489 e. The zero-order valence-corrected chi connectivity index (χ0v) is 19.2. The second kappa shape index (κ2) is 9.49. The van der Waals surface area contributed by atoms with E-state index in [2.05, 4.69) is 27.6 Å². The number of carbonyl (C=O) groups excluding carboxylic acids is 1. The summed E-state index contributed by atoms with van der Waals surface area (Å²) in [7, 11) is 0. The summed E-state index contributed by atoms with van der Waals surface area (Å²) in [6.07, 6.45) is 1.57. The first kappa shape index (κ1) is 22.0. The number of rotatable bonds is 6. The zero-order chi connectivity index (χ0) is 22.7. The maximum absolute atomic E-state index is 12.3. The molecule has 3 aromatic rings. The predicted octanol–water partition coefficient (Wildman–Crippen LogP) is 5.78. The van der Waals surface area contributed by atoms with Crippen LogP contribution in [0.2, 0.25) is 5.02 Å². The molecule has 0 unspecified atom stereocenters. The number of benzene rings is 3. The van der Waals surface area contributed by atoms with Crippen LogP contribution in [0.15, 0.2) is 77.4 Å². The minimum Gasteiger partial charge on any atom is -0.489 e. The molecule has 0 fully saturated rings. The second-order valence-corrected chi connectivity index (χ2v) is 8.40. The van der Waals surface area contributed by atoms with E-state index in [9.17, 15) is 14.9 Å². The van der Waals surface area contributed by atoms with Gasteiger partial charge in [-0.1, -0.05) is 35.9 Å². The average molecular weight is 561 g/mol. The fourth-order valence-electron chi connectivity index (χ4n) is 2.92. The molecule has 0 saturated carbocycles. The molecule has 9 heteroatoms. The van der Waals surface area contributed by atoms with Gasteiger partial charge in [0, 0.05) is 15.2 Å². The molecule has 1 aliphatic rings. The van der Waals surface area contributed by atoms with Crippen molar-refractivity contribution < 1.29 is 19.2 Å². The Hall–Kier alpha value is -3.24. The normalized spacial score (nSPS) is 14.2. The number of nitrogens with zero attached hydrogens (tertiary/aromatic N) is 2. The number of halogens is 2. The topological polar surface area (TPSA) is 91.0 Å². The molecule has 0 aromatic heterocycles. The number of esters is 1. The maximum atomic E-state index is 12.3. The fraction of sp³-hybridized carbons (Fsp3) is 0.0435. The van der Waals surface area contributed by atoms with Crippen molar-refractivity contribution in [3.8, 4) is 5.75 Å². The zero-order valence-electron chi connectivity index (χ0n) is 16.3. The smallest absolute Gasteiger partial charge is 0.363 e. The molecule has 0 bridgehead atoms. The van der Waals surface area contributed by atoms with E-state index in [0.717, 1.165) is 9.13 Å². The fourth-order valence-corrected chi connectivity index (χ4v) is 3.46. The van der Waals surface area contributed by atoms with Gasteiger partial charge < -0.3 is 9.47 Å². The number of cyclic esters (lactones) is 1. The van der Waals surface area contributed by atoms with Crippen molar-refractivity contribution in [2.24, 2.45) is 4.99 Å². The van der Waals surface area contributed by atoms with Crippen LogP contribution in [-0.2, 0) is 16.1 Å². The van der Waals surface area contributed by atoms with Crippen molar-refractivity contribution in [1.29, 1.82) is 0 Å². The van der Waals surface area contributed by atoms with Gasteiger partial charge in [0.1, 0.15) is 17.4 Å². The first-order chi connectivity index (χ1) is 15.4. The lowest BCUT2D eigenvalue weighted by Crippen LogP contribution is -2.06. The molecule has 4 rings (SSSR count). The summed E-state index contributed by atoms with van der Waals surface area (Å²) in [4.78, 5) is 27.0. The number of hydrogen-bond donors (Lipinski definition) is 0. The first-order valence-electron chi connectivity index (χ1n) is 9.33. The predicted molar refractivity (Wildman–Crippen MR) is 129 cm³/mol. The molecule has 0 N–H and O–H groups in total. The molecule has 160 valence electrons. The van der Waals surface area contributed by atoms with Gasteiger partial charge in [-0.2, -0.15) is 0 Å². The summed E-state index contributed by atoms with van der Waals surface area (Å²) in [5.41, 5.74) is 1.81. The Bertz CT molecular complexity index is 1270. The summed E-state index contributed by atoms with van der Waals surface area (Å²) >= 11 is 8.08. The van der Waals surface area contributed by atoms with Crippen LogP contribution >= 0.6 is 34.2 Å². The molecular formula is C23H14ClIN2O5. The van der Waals surface area contributed by atoms with Gasteiger partial charge in [-0.05, 0) is 76.2 Å². The van der Waals surface area contributed by atoms with Crippen molar-refractivity contribution >= 4 is 57.8 Å². The molecule has 3 aromatic carbocycles. The molecule has 1 heterocycles. The summed E-state index contributed by atoms with van der Waals surface area (Å²) in [6.45, 7) is 0.413. The van der Waals surface area contributed by atoms with Crippen LogP contribution in [0.25, 0.3) is 6.08 Å². The first-order valence-corrected chi connectivity index (χ1v) is 10.8. The van der Waals surface area contributed by atoms with Crippen LogP contribution in [0.1, 0.15) is 16.7 Å². The van der Waals surface area contributed by atoms with Gasteiger partial charge >= 0.3 is 5.97 Å². The van der Waals surface area contributed by atoms with Crippen molar-refractivity contribution in [3.05, 3.63) is 108 Å². The highest BCUT2D eigenvalue weighted by atomic mass is 127. The number of nitro benzene ring substituents is 1. The highest BCUT2D eigenvalue weighted by Gasteiger charge is 2.26. The second-order valence-electron chi connectivity index (χ2n) is 6.75. The van der Waals surface area contributed by atoms with E-state index in [1.165, 1.54) is 18.2 Å². The summed E-state index contributed by atoms with van der Waals surface area (Å²) in [5.74, 6) is -0.0308. The van der Waals surface area contributed by atoms with Gasteiger partial charge in [-0.15, -0.1) is 0 Å². The lowest BCUT2D eigenvalue weighted by molar-refractivity contribution is -0.384. The van der Waals surface area contributed by atoms with Crippen LogP contribution < -0.4 is 4.74 Å².